The number of halogens is 1. The molecular weight excluding hydrogens is 395 g/mol. The lowest BCUT2D eigenvalue weighted by Crippen LogP contribution is -2.54. The van der Waals surface area contributed by atoms with Crippen molar-refractivity contribution in [2.75, 3.05) is 18.1 Å². The predicted molar refractivity (Wildman–Crippen MR) is 104 cm³/mol. The van der Waals surface area contributed by atoms with Gasteiger partial charge in [0.25, 0.3) is 11.8 Å². The van der Waals surface area contributed by atoms with E-state index in [0.717, 1.165) is 17.0 Å². The molecule has 0 aliphatic carbocycles. The summed E-state index contributed by atoms with van der Waals surface area (Å²) in [7, 11) is 0. The largest absolute Gasteiger partial charge is 0.481 e. The summed E-state index contributed by atoms with van der Waals surface area (Å²) >= 11 is 0. The minimum absolute atomic E-state index is 0.101. The SMILES string of the molecule is CCOC(=O)COc1ccccc1/C=C1\C(=O)NC(=O)N(c2ccc(F)cc2)C1=O. The van der Waals surface area contributed by atoms with Crippen molar-refractivity contribution in [3.05, 3.63) is 65.5 Å². The van der Waals surface area contributed by atoms with Crippen molar-refractivity contribution < 1.29 is 33.0 Å². The van der Waals surface area contributed by atoms with Gasteiger partial charge in [-0.05, 0) is 43.3 Å². The van der Waals surface area contributed by atoms with Crippen molar-refractivity contribution in [1.82, 2.24) is 5.32 Å². The van der Waals surface area contributed by atoms with Crippen LogP contribution in [0.3, 0.4) is 0 Å². The first-order chi connectivity index (χ1) is 14.4. The number of esters is 1. The number of hydrogen-bond acceptors (Lipinski definition) is 6. The van der Waals surface area contributed by atoms with E-state index in [0.29, 0.717) is 5.56 Å². The Morgan fingerprint density at radius 3 is 2.50 bits per heavy atom. The van der Waals surface area contributed by atoms with E-state index in [1.54, 1.807) is 31.2 Å². The molecule has 30 heavy (non-hydrogen) atoms. The molecule has 0 unspecified atom stereocenters. The number of hydrogen-bond donors (Lipinski definition) is 1. The van der Waals surface area contributed by atoms with Crippen LogP contribution in [0.4, 0.5) is 14.9 Å². The number of nitrogens with one attached hydrogen (secondary N) is 1. The lowest BCUT2D eigenvalue weighted by Gasteiger charge is -2.26. The van der Waals surface area contributed by atoms with Crippen LogP contribution in [0.5, 0.6) is 5.75 Å². The first kappa shape index (κ1) is 20.7. The molecule has 0 spiro atoms. The summed E-state index contributed by atoms with van der Waals surface area (Å²) < 4.78 is 23.4. The van der Waals surface area contributed by atoms with Gasteiger partial charge in [-0.1, -0.05) is 18.2 Å². The minimum atomic E-state index is -0.944. The highest BCUT2D eigenvalue weighted by molar-refractivity contribution is 6.39. The smallest absolute Gasteiger partial charge is 0.344 e. The first-order valence-corrected chi connectivity index (χ1v) is 8.95. The number of carbonyl (C=O) groups excluding carboxylic acids is 4. The Labute approximate surface area is 170 Å². The molecule has 4 amide bonds. The van der Waals surface area contributed by atoms with Crippen molar-refractivity contribution >= 4 is 35.6 Å². The number of imide groups is 2. The Morgan fingerprint density at radius 1 is 1.10 bits per heavy atom. The molecule has 0 bridgehead atoms. The van der Waals surface area contributed by atoms with Crippen LogP contribution in [-0.2, 0) is 19.1 Å². The normalized spacial score (nSPS) is 15.2. The Morgan fingerprint density at radius 2 is 1.80 bits per heavy atom. The fourth-order valence-corrected chi connectivity index (χ4v) is 2.71. The quantitative estimate of drug-likeness (QED) is 0.444. The zero-order chi connectivity index (χ0) is 21.7. The van der Waals surface area contributed by atoms with Crippen LogP contribution in [0.1, 0.15) is 12.5 Å². The second-order valence-electron chi connectivity index (χ2n) is 6.07. The van der Waals surface area contributed by atoms with Gasteiger partial charge in [0.05, 0.1) is 12.3 Å². The molecule has 9 heteroatoms. The third kappa shape index (κ3) is 4.52. The second-order valence-corrected chi connectivity index (χ2v) is 6.07. The van der Waals surface area contributed by atoms with Crippen LogP contribution in [-0.4, -0.2) is 37.0 Å². The van der Waals surface area contributed by atoms with Crippen LogP contribution < -0.4 is 15.0 Å². The molecule has 154 valence electrons. The third-order valence-corrected chi connectivity index (χ3v) is 4.06. The van der Waals surface area contributed by atoms with Gasteiger partial charge in [0, 0.05) is 5.56 Å². The molecule has 1 fully saturated rings. The van der Waals surface area contributed by atoms with Gasteiger partial charge >= 0.3 is 12.0 Å². The number of carbonyl (C=O) groups is 4. The highest BCUT2D eigenvalue weighted by atomic mass is 19.1. The standard InChI is InChI=1S/C21H17FN2O6/c1-2-29-18(25)12-30-17-6-4-3-5-13(17)11-16-19(26)23-21(28)24(20(16)27)15-9-7-14(22)8-10-15/h3-11H,2,12H2,1H3,(H,23,26,28)/b16-11+. The molecule has 0 radical (unpaired) electrons. The highest BCUT2D eigenvalue weighted by Gasteiger charge is 2.37. The molecule has 1 aliphatic heterocycles. The maximum Gasteiger partial charge on any atom is 0.344 e. The lowest BCUT2D eigenvalue weighted by molar-refractivity contribution is -0.145. The van der Waals surface area contributed by atoms with Crippen LogP contribution in [0.25, 0.3) is 6.08 Å². The number of urea groups is 1. The Hall–Kier alpha value is -4.01. The highest BCUT2D eigenvalue weighted by Crippen LogP contribution is 2.25. The molecule has 1 aliphatic rings. The summed E-state index contributed by atoms with van der Waals surface area (Å²) in [5.41, 5.74) is 0.115. The summed E-state index contributed by atoms with van der Waals surface area (Å²) in [4.78, 5) is 49.6. The monoisotopic (exact) mass is 412 g/mol. The maximum absolute atomic E-state index is 13.2. The zero-order valence-electron chi connectivity index (χ0n) is 15.9. The Kier molecular flexibility index (Phi) is 6.21. The third-order valence-electron chi connectivity index (χ3n) is 4.06. The fourth-order valence-electron chi connectivity index (χ4n) is 2.71. The van der Waals surface area contributed by atoms with Gasteiger partial charge < -0.3 is 9.47 Å². The number of amides is 4. The molecule has 8 nitrogen and oxygen atoms in total. The Balaban J connectivity index is 1.91. The van der Waals surface area contributed by atoms with E-state index in [9.17, 15) is 23.6 Å². The summed E-state index contributed by atoms with van der Waals surface area (Å²) in [5, 5.41) is 2.08. The fraction of sp³-hybridized carbons (Fsp3) is 0.143. The van der Waals surface area contributed by atoms with Crippen LogP contribution in [0.15, 0.2) is 54.1 Å². The summed E-state index contributed by atoms with van der Waals surface area (Å²) in [6.07, 6.45) is 1.25. The molecular formula is C21H17FN2O6. The molecule has 0 atom stereocenters. The van der Waals surface area contributed by atoms with Gasteiger partial charge in [0.15, 0.2) is 6.61 Å². The average Bonchev–Trinajstić information content (AvgIpc) is 2.72. The van der Waals surface area contributed by atoms with E-state index in [4.69, 9.17) is 9.47 Å². The van der Waals surface area contributed by atoms with E-state index < -0.39 is 29.6 Å². The lowest BCUT2D eigenvalue weighted by atomic mass is 10.1. The number of rotatable bonds is 6. The molecule has 2 aromatic rings. The van der Waals surface area contributed by atoms with Gasteiger partial charge in [0.2, 0.25) is 0 Å². The van der Waals surface area contributed by atoms with Gasteiger partial charge in [0.1, 0.15) is 17.1 Å². The average molecular weight is 412 g/mol. The number of barbiturate groups is 1. The van der Waals surface area contributed by atoms with Crippen molar-refractivity contribution in [1.29, 1.82) is 0 Å². The zero-order valence-corrected chi connectivity index (χ0v) is 15.9. The molecule has 1 N–H and O–H groups in total. The van der Waals surface area contributed by atoms with Crippen molar-refractivity contribution in [3.8, 4) is 5.75 Å². The number of nitrogens with zero attached hydrogens (tertiary/aromatic N) is 1. The van der Waals surface area contributed by atoms with Crippen LogP contribution in [0.2, 0.25) is 0 Å². The van der Waals surface area contributed by atoms with Gasteiger partial charge in [-0.2, -0.15) is 0 Å². The summed E-state index contributed by atoms with van der Waals surface area (Å²) in [6, 6.07) is 10.2. The molecule has 1 heterocycles. The summed E-state index contributed by atoms with van der Waals surface area (Å²) in [5.74, 6) is -2.63. The molecule has 3 rings (SSSR count). The molecule has 0 saturated carbocycles. The van der Waals surface area contributed by atoms with E-state index >= 15 is 0 Å². The van der Waals surface area contributed by atoms with Crippen molar-refractivity contribution in [2.45, 2.75) is 6.92 Å². The predicted octanol–water partition coefficient (Wildman–Crippen LogP) is 2.43. The number of ether oxygens (including phenoxy) is 2. The van der Waals surface area contributed by atoms with Crippen LogP contribution in [0, 0.1) is 5.82 Å². The molecule has 1 saturated heterocycles. The van der Waals surface area contributed by atoms with E-state index in [1.165, 1.54) is 18.2 Å². The molecule has 0 aromatic heterocycles. The Bertz CT molecular complexity index is 1030. The second kappa shape index (κ2) is 8.99. The molecule has 2 aromatic carbocycles. The van der Waals surface area contributed by atoms with Gasteiger partial charge in [-0.3, -0.25) is 14.9 Å². The number of anilines is 1. The number of para-hydroxylation sites is 1. The number of benzene rings is 2. The van der Waals surface area contributed by atoms with Crippen molar-refractivity contribution in [3.63, 3.8) is 0 Å². The maximum atomic E-state index is 13.2. The first-order valence-electron chi connectivity index (χ1n) is 8.95. The minimum Gasteiger partial charge on any atom is -0.481 e. The van der Waals surface area contributed by atoms with Crippen molar-refractivity contribution in [2.24, 2.45) is 0 Å². The van der Waals surface area contributed by atoms with Crippen LogP contribution >= 0.6 is 0 Å². The van der Waals surface area contributed by atoms with E-state index in [1.807, 2.05) is 0 Å². The van der Waals surface area contributed by atoms with Gasteiger partial charge in [-0.15, -0.1) is 0 Å². The van der Waals surface area contributed by atoms with Gasteiger partial charge in [-0.25, -0.2) is 18.9 Å². The topological polar surface area (TPSA) is 102 Å². The van der Waals surface area contributed by atoms with E-state index in [2.05, 4.69) is 5.32 Å². The summed E-state index contributed by atoms with van der Waals surface area (Å²) in [6.45, 7) is 1.52. The van der Waals surface area contributed by atoms with E-state index in [-0.39, 0.29) is 30.2 Å².